The summed E-state index contributed by atoms with van der Waals surface area (Å²) in [5.74, 6) is 1.26. The molecule has 0 radical (unpaired) electrons. The van der Waals surface area contributed by atoms with Crippen LogP contribution in [0.2, 0.25) is 0 Å². The highest BCUT2D eigenvalue weighted by atomic mass is 19.1. The molecule has 2 aliphatic rings. The summed E-state index contributed by atoms with van der Waals surface area (Å²) >= 11 is 0. The zero-order chi connectivity index (χ0) is 22.4. The summed E-state index contributed by atoms with van der Waals surface area (Å²) in [5, 5.41) is 9.73. The van der Waals surface area contributed by atoms with E-state index in [0.29, 0.717) is 19.0 Å². The lowest BCUT2D eigenvalue weighted by molar-refractivity contribution is -0.120. The van der Waals surface area contributed by atoms with Gasteiger partial charge < -0.3 is 20.7 Å². The SMILES string of the molecule is CN=C(NCCNC(=O)Cc1ccc(F)cc1)NC1CC2(CCCC2)Oc2ccccc21. The Morgan fingerprint density at radius 1 is 1.09 bits per heavy atom. The molecule has 1 fully saturated rings. The minimum absolute atomic E-state index is 0.0841. The van der Waals surface area contributed by atoms with E-state index in [2.05, 4.69) is 33.1 Å². The number of carbonyl (C=O) groups excluding carboxylic acids is 1. The molecule has 1 aliphatic heterocycles. The number of carbonyl (C=O) groups is 1. The van der Waals surface area contributed by atoms with Crippen LogP contribution in [0.5, 0.6) is 5.75 Å². The van der Waals surface area contributed by atoms with Crippen molar-refractivity contribution in [3.8, 4) is 5.75 Å². The van der Waals surface area contributed by atoms with Gasteiger partial charge >= 0.3 is 0 Å². The topological polar surface area (TPSA) is 74.8 Å². The molecule has 32 heavy (non-hydrogen) atoms. The highest BCUT2D eigenvalue weighted by Gasteiger charge is 2.43. The summed E-state index contributed by atoms with van der Waals surface area (Å²) in [7, 11) is 1.75. The predicted octanol–water partition coefficient (Wildman–Crippen LogP) is 3.49. The fourth-order valence-corrected chi connectivity index (χ4v) is 4.67. The highest BCUT2D eigenvalue weighted by molar-refractivity contribution is 5.81. The van der Waals surface area contributed by atoms with Gasteiger partial charge in [-0.1, -0.05) is 30.3 Å². The molecule has 1 atom stereocenters. The van der Waals surface area contributed by atoms with Crippen molar-refractivity contribution in [1.82, 2.24) is 16.0 Å². The quantitative estimate of drug-likeness (QED) is 0.367. The number of para-hydroxylation sites is 1. The van der Waals surface area contributed by atoms with Crippen LogP contribution in [0.3, 0.4) is 0 Å². The van der Waals surface area contributed by atoms with E-state index in [9.17, 15) is 9.18 Å². The van der Waals surface area contributed by atoms with Crippen molar-refractivity contribution in [2.75, 3.05) is 20.1 Å². The van der Waals surface area contributed by atoms with Crippen molar-refractivity contribution >= 4 is 11.9 Å². The Morgan fingerprint density at radius 2 is 1.81 bits per heavy atom. The lowest BCUT2D eigenvalue weighted by Crippen LogP contribution is -2.47. The second-order valence-electron chi connectivity index (χ2n) is 8.58. The van der Waals surface area contributed by atoms with Crippen LogP contribution >= 0.6 is 0 Å². The average molecular weight is 439 g/mol. The summed E-state index contributed by atoms with van der Waals surface area (Å²) < 4.78 is 19.4. The summed E-state index contributed by atoms with van der Waals surface area (Å²) in [6.45, 7) is 1.01. The first kappa shape index (κ1) is 22.1. The number of aliphatic imine (C=N–C) groups is 1. The number of fused-ring (bicyclic) bond motifs is 1. The number of benzene rings is 2. The van der Waals surface area contributed by atoms with Gasteiger partial charge in [-0.05, 0) is 49.4 Å². The lowest BCUT2D eigenvalue weighted by atomic mass is 9.86. The van der Waals surface area contributed by atoms with Crippen LogP contribution in [0.25, 0.3) is 0 Å². The van der Waals surface area contributed by atoms with E-state index in [1.807, 2.05) is 12.1 Å². The van der Waals surface area contributed by atoms with Gasteiger partial charge in [0.15, 0.2) is 5.96 Å². The zero-order valence-corrected chi connectivity index (χ0v) is 18.5. The Balaban J connectivity index is 1.28. The van der Waals surface area contributed by atoms with Crippen LogP contribution < -0.4 is 20.7 Å². The molecular formula is C25H31FN4O2. The molecule has 0 bridgehead atoms. The standard InChI is InChI=1S/C25H31FN4O2/c1-27-24(29-15-14-28-23(31)16-18-8-10-19(26)11-9-18)30-21-17-25(12-4-5-13-25)32-22-7-3-2-6-20(21)22/h2-3,6-11,21H,4-5,12-17H2,1H3,(H,28,31)(H2,27,29,30). The number of ether oxygens (including phenoxy) is 1. The van der Waals surface area contributed by atoms with E-state index >= 15 is 0 Å². The third-order valence-electron chi connectivity index (χ3n) is 6.26. The molecular weight excluding hydrogens is 407 g/mol. The van der Waals surface area contributed by atoms with Gasteiger partial charge in [0.2, 0.25) is 5.91 Å². The Labute approximate surface area is 188 Å². The Hall–Kier alpha value is -3.09. The van der Waals surface area contributed by atoms with Gasteiger partial charge in [0, 0.05) is 32.1 Å². The molecule has 6 nitrogen and oxygen atoms in total. The molecule has 0 aromatic heterocycles. The lowest BCUT2D eigenvalue weighted by Gasteiger charge is -2.40. The van der Waals surface area contributed by atoms with Crippen LogP contribution in [-0.2, 0) is 11.2 Å². The van der Waals surface area contributed by atoms with E-state index in [4.69, 9.17) is 4.74 Å². The van der Waals surface area contributed by atoms with Crippen molar-refractivity contribution in [3.05, 3.63) is 65.5 Å². The van der Waals surface area contributed by atoms with Gasteiger partial charge in [0.1, 0.15) is 17.2 Å². The summed E-state index contributed by atoms with van der Waals surface area (Å²) in [6, 6.07) is 14.3. The Kier molecular flexibility index (Phi) is 6.93. The van der Waals surface area contributed by atoms with Crippen LogP contribution in [0.15, 0.2) is 53.5 Å². The van der Waals surface area contributed by atoms with Crippen LogP contribution in [0.4, 0.5) is 4.39 Å². The van der Waals surface area contributed by atoms with Crippen molar-refractivity contribution in [3.63, 3.8) is 0 Å². The number of rotatable bonds is 6. The largest absolute Gasteiger partial charge is 0.487 e. The van der Waals surface area contributed by atoms with Crippen molar-refractivity contribution in [2.24, 2.45) is 4.99 Å². The van der Waals surface area contributed by atoms with E-state index in [1.54, 1.807) is 19.2 Å². The van der Waals surface area contributed by atoms with Gasteiger partial charge in [0.25, 0.3) is 0 Å². The molecule has 2 aromatic carbocycles. The van der Waals surface area contributed by atoms with Crippen molar-refractivity contribution < 1.29 is 13.9 Å². The van der Waals surface area contributed by atoms with E-state index in [-0.39, 0.29) is 29.8 Å². The highest BCUT2D eigenvalue weighted by Crippen LogP contribution is 2.46. The second-order valence-corrected chi connectivity index (χ2v) is 8.58. The normalized spacial score (nSPS) is 19.2. The molecule has 1 unspecified atom stereocenters. The predicted molar refractivity (Wildman–Crippen MR) is 123 cm³/mol. The molecule has 4 rings (SSSR count). The van der Waals surface area contributed by atoms with E-state index in [0.717, 1.165) is 36.1 Å². The molecule has 0 saturated heterocycles. The zero-order valence-electron chi connectivity index (χ0n) is 18.5. The third-order valence-corrected chi connectivity index (χ3v) is 6.26. The molecule has 1 spiro atoms. The number of amides is 1. The number of hydrogen-bond donors (Lipinski definition) is 3. The maximum atomic E-state index is 13.0. The molecule has 170 valence electrons. The number of guanidine groups is 1. The van der Waals surface area contributed by atoms with E-state index < -0.39 is 0 Å². The molecule has 7 heteroatoms. The number of nitrogens with one attached hydrogen (secondary N) is 3. The minimum Gasteiger partial charge on any atom is -0.487 e. The smallest absolute Gasteiger partial charge is 0.224 e. The van der Waals surface area contributed by atoms with Gasteiger partial charge in [-0.25, -0.2) is 4.39 Å². The van der Waals surface area contributed by atoms with Gasteiger partial charge in [0.05, 0.1) is 12.5 Å². The molecule has 1 saturated carbocycles. The summed E-state index contributed by atoms with van der Waals surface area (Å²) in [4.78, 5) is 16.5. The number of halogens is 1. The van der Waals surface area contributed by atoms with Gasteiger partial charge in [-0.3, -0.25) is 9.79 Å². The third kappa shape index (κ3) is 5.39. The average Bonchev–Trinajstić information content (AvgIpc) is 3.24. The molecule has 1 aliphatic carbocycles. The summed E-state index contributed by atoms with van der Waals surface area (Å²) in [5.41, 5.74) is 1.85. The Morgan fingerprint density at radius 3 is 2.56 bits per heavy atom. The monoisotopic (exact) mass is 438 g/mol. The first-order chi connectivity index (χ1) is 15.6. The molecule has 3 N–H and O–H groups in total. The van der Waals surface area contributed by atoms with Crippen molar-refractivity contribution in [1.29, 1.82) is 0 Å². The molecule has 1 amide bonds. The minimum atomic E-state index is -0.303. The summed E-state index contributed by atoms with van der Waals surface area (Å²) in [6.07, 6.45) is 5.74. The van der Waals surface area contributed by atoms with Gasteiger partial charge in [-0.15, -0.1) is 0 Å². The number of hydrogen-bond acceptors (Lipinski definition) is 3. The Bertz CT molecular complexity index is 955. The van der Waals surface area contributed by atoms with Crippen molar-refractivity contribution in [2.45, 2.75) is 50.2 Å². The van der Waals surface area contributed by atoms with Gasteiger partial charge in [-0.2, -0.15) is 0 Å². The van der Waals surface area contributed by atoms with Crippen LogP contribution in [0, 0.1) is 5.82 Å². The first-order valence-corrected chi connectivity index (χ1v) is 11.3. The maximum absolute atomic E-state index is 13.0. The first-order valence-electron chi connectivity index (χ1n) is 11.3. The van der Waals surface area contributed by atoms with E-state index in [1.165, 1.54) is 25.0 Å². The van der Waals surface area contributed by atoms with Crippen LogP contribution in [-0.4, -0.2) is 37.6 Å². The molecule has 2 aromatic rings. The fraction of sp³-hybridized carbons (Fsp3) is 0.440. The van der Waals surface area contributed by atoms with Crippen LogP contribution in [0.1, 0.15) is 49.3 Å². The fourth-order valence-electron chi connectivity index (χ4n) is 4.67. The second kappa shape index (κ2) is 10.0. The maximum Gasteiger partial charge on any atom is 0.224 e. The number of nitrogens with zero attached hydrogens (tertiary/aromatic N) is 1. The molecule has 1 heterocycles.